The maximum absolute atomic E-state index is 12.3. The standard InChI is InChI=1S/C14H17N3O2/c1-10-6-13(18)12(9-16(10)2)14(19)17-5-3-4-11(7-15)8-17/h6,9,11H,3-5,8H2,1-2H3/t11-/m1/s1. The fourth-order valence-electron chi connectivity index (χ4n) is 2.33. The fraction of sp³-hybridized carbons (Fsp3) is 0.500. The number of hydrogen-bond acceptors (Lipinski definition) is 3. The lowest BCUT2D eigenvalue weighted by Crippen LogP contribution is -2.41. The Morgan fingerprint density at radius 2 is 2.26 bits per heavy atom. The SMILES string of the molecule is Cc1cc(=O)c(C(=O)N2CCC[C@H](C#N)C2)cn1C. The van der Waals surface area contributed by atoms with E-state index in [9.17, 15) is 9.59 Å². The van der Waals surface area contributed by atoms with Gasteiger partial charge in [0.2, 0.25) is 0 Å². The Kier molecular flexibility index (Phi) is 3.70. The van der Waals surface area contributed by atoms with Gasteiger partial charge in [-0.3, -0.25) is 9.59 Å². The molecule has 1 aromatic rings. The molecule has 1 aliphatic rings. The molecule has 0 N–H and O–H groups in total. The molecule has 0 saturated carbocycles. The van der Waals surface area contributed by atoms with Crippen LogP contribution in [0.15, 0.2) is 17.1 Å². The summed E-state index contributed by atoms with van der Waals surface area (Å²) < 4.78 is 1.76. The number of carbonyl (C=O) groups is 1. The van der Waals surface area contributed by atoms with Crippen LogP contribution in [0, 0.1) is 24.2 Å². The molecule has 0 spiro atoms. The normalized spacial score (nSPS) is 19.0. The predicted octanol–water partition coefficient (Wildman–Crippen LogP) is 1.07. The third-order valence-electron chi connectivity index (χ3n) is 3.61. The van der Waals surface area contributed by atoms with Crippen LogP contribution >= 0.6 is 0 Å². The number of likely N-dealkylation sites (tertiary alicyclic amines) is 1. The second kappa shape index (κ2) is 5.27. The molecular weight excluding hydrogens is 242 g/mol. The molecule has 5 heteroatoms. The van der Waals surface area contributed by atoms with Crippen molar-refractivity contribution in [2.24, 2.45) is 13.0 Å². The van der Waals surface area contributed by atoms with Crippen molar-refractivity contribution in [1.82, 2.24) is 9.47 Å². The smallest absolute Gasteiger partial charge is 0.259 e. The van der Waals surface area contributed by atoms with E-state index in [1.807, 2.05) is 6.92 Å². The molecule has 1 atom stereocenters. The van der Waals surface area contributed by atoms with E-state index in [0.717, 1.165) is 18.5 Å². The van der Waals surface area contributed by atoms with Crippen molar-refractivity contribution in [3.8, 4) is 6.07 Å². The minimum Gasteiger partial charge on any atom is -0.354 e. The van der Waals surface area contributed by atoms with Crippen molar-refractivity contribution >= 4 is 5.91 Å². The van der Waals surface area contributed by atoms with E-state index in [4.69, 9.17) is 5.26 Å². The Balaban J connectivity index is 2.27. The van der Waals surface area contributed by atoms with Gasteiger partial charge in [0.1, 0.15) is 5.56 Å². The molecule has 1 fully saturated rings. The Morgan fingerprint density at radius 1 is 1.53 bits per heavy atom. The zero-order valence-electron chi connectivity index (χ0n) is 11.2. The molecule has 1 saturated heterocycles. The maximum atomic E-state index is 12.3. The highest BCUT2D eigenvalue weighted by Crippen LogP contribution is 2.17. The fourth-order valence-corrected chi connectivity index (χ4v) is 2.33. The summed E-state index contributed by atoms with van der Waals surface area (Å²) in [6, 6.07) is 3.67. The first-order valence-corrected chi connectivity index (χ1v) is 6.39. The quantitative estimate of drug-likeness (QED) is 0.757. The first kappa shape index (κ1) is 13.3. The van der Waals surface area contributed by atoms with Crippen molar-refractivity contribution in [2.75, 3.05) is 13.1 Å². The van der Waals surface area contributed by atoms with Crippen molar-refractivity contribution < 1.29 is 4.79 Å². The molecule has 1 amide bonds. The lowest BCUT2D eigenvalue weighted by molar-refractivity contribution is 0.0696. The number of hydrogen-bond donors (Lipinski definition) is 0. The highest BCUT2D eigenvalue weighted by Gasteiger charge is 2.25. The van der Waals surface area contributed by atoms with Crippen molar-refractivity contribution in [3.63, 3.8) is 0 Å². The summed E-state index contributed by atoms with van der Waals surface area (Å²) in [5.74, 6) is -0.382. The van der Waals surface area contributed by atoms with Gasteiger partial charge in [-0.25, -0.2) is 0 Å². The highest BCUT2D eigenvalue weighted by molar-refractivity contribution is 5.94. The lowest BCUT2D eigenvalue weighted by Gasteiger charge is -2.29. The molecular formula is C14H17N3O2. The van der Waals surface area contributed by atoms with Crippen LogP contribution < -0.4 is 5.43 Å². The van der Waals surface area contributed by atoms with Crippen LogP contribution in [0.25, 0.3) is 0 Å². The van der Waals surface area contributed by atoms with Crippen molar-refractivity contribution in [2.45, 2.75) is 19.8 Å². The minimum atomic E-state index is -0.263. The van der Waals surface area contributed by atoms with Gasteiger partial charge in [-0.2, -0.15) is 5.26 Å². The van der Waals surface area contributed by atoms with E-state index >= 15 is 0 Å². The Hall–Kier alpha value is -2.09. The summed E-state index contributed by atoms with van der Waals surface area (Å²) in [6.07, 6.45) is 3.22. The number of nitriles is 1. The molecule has 19 heavy (non-hydrogen) atoms. The van der Waals surface area contributed by atoms with Crippen molar-refractivity contribution in [1.29, 1.82) is 5.26 Å². The van der Waals surface area contributed by atoms with Crippen LogP contribution in [0.3, 0.4) is 0 Å². The highest BCUT2D eigenvalue weighted by atomic mass is 16.2. The summed E-state index contributed by atoms with van der Waals surface area (Å²) in [5, 5.41) is 8.94. The van der Waals surface area contributed by atoms with Crippen LogP contribution in [-0.2, 0) is 7.05 Å². The van der Waals surface area contributed by atoms with E-state index in [2.05, 4.69) is 6.07 Å². The average molecular weight is 259 g/mol. The molecule has 2 heterocycles. The van der Waals surface area contributed by atoms with Gasteiger partial charge < -0.3 is 9.47 Å². The van der Waals surface area contributed by atoms with Gasteiger partial charge in [0.05, 0.1) is 12.0 Å². The number of nitrogens with zero attached hydrogens (tertiary/aromatic N) is 3. The second-order valence-corrected chi connectivity index (χ2v) is 5.02. The second-order valence-electron chi connectivity index (χ2n) is 5.02. The van der Waals surface area contributed by atoms with Gasteiger partial charge >= 0.3 is 0 Å². The summed E-state index contributed by atoms with van der Waals surface area (Å²) >= 11 is 0. The van der Waals surface area contributed by atoms with Gasteiger partial charge in [0, 0.05) is 38.1 Å². The number of amides is 1. The summed E-state index contributed by atoms with van der Waals surface area (Å²) in [7, 11) is 1.81. The third-order valence-corrected chi connectivity index (χ3v) is 3.61. The summed E-state index contributed by atoms with van der Waals surface area (Å²) in [5.41, 5.74) is 0.751. The number of piperidine rings is 1. The van der Waals surface area contributed by atoms with E-state index < -0.39 is 0 Å². The monoisotopic (exact) mass is 259 g/mol. The number of aryl methyl sites for hydroxylation is 2. The molecule has 0 bridgehead atoms. The maximum Gasteiger partial charge on any atom is 0.259 e. The van der Waals surface area contributed by atoms with Crippen LogP contribution in [0.4, 0.5) is 0 Å². The summed E-state index contributed by atoms with van der Waals surface area (Å²) in [4.78, 5) is 25.9. The molecule has 2 rings (SSSR count). The Morgan fingerprint density at radius 3 is 2.95 bits per heavy atom. The van der Waals surface area contributed by atoms with Gasteiger partial charge in [0.15, 0.2) is 5.43 Å². The molecule has 1 aromatic heterocycles. The van der Waals surface area contributed by atoms with Crippen molar-refractivity contribution in [3.05, 3.63) is 33.7 Å². The Labute approximate surface area is 112 Å². The molecule has 100 valence electrons. The molecule has 0 aliphatic carbocycles. The zero-order valence-corrected chi connectivity index (χ0v) is 11.2. The zero-order chi connectivity index (χ0) is 14.0. The van der Waals surface area contributed by atoms with Crippen LogP contribution in [0.1, 0.15) is 28.9 Å². The number of pyridine rings is 1. The molecule has 1 aliphatic heterocycles. The average Bonchev–Trinajstić information content (AvgIpc) is 2.42. The van der Waals surface area contributed by atoms with E-state index in [1.165, 1.54) is 6.07 Å². The van der Waals surface area contributed by atoms with Crippen LogP contribution in [0.5, 0.6) is 0 Å². The predicted molar refractivity (Wildman–Crippen MR) is 70.7 cm³/mol. The lowest BCUT2D eigenvalue weighted by atomic mass is 9.99. The van der Waals surface area contributed by atoms with E-state index in [-0.39, 0.29) is 22.8 Å². The van der Waals surface area contributed by atoms with E-state index in [0.29, 0.717) is 13.1 Å². The number of carbonyl (C=O) groups excluding carboxylic acids is 1. The van der Waals surface area contributed by atoms with Gasteiger partial charge in [-0.1, -0.05) is 0 Å². The molecule has 0 aromatic carbocycles. The van der Waals surface area contributed by atoms with Gasteiger partial charge in [0.25, 0.3) is 5.91 Å². The van der Waals surface area contributed by atoms with E-state index in [1.54, 1.807) is 22.7 Å². The van der Waals surface area contributed by atoms with Gasteiger partial charge in [-0.15, -0.1) is 0 Å². The van der Waals surface area contributed by atoms with Crippen LogP contribution in [-0.4, -0.2) is 28.5 Å². The third kappa shape index (κ3) is 2.68. The number of rotatable bonds is 1. The number of aromatic nitrogens is 1. The minimum absolute atomic E-state index is 0.119. The first-order valence-electron chi connectivity index (χ1n) is 6.39. The largest absolute Gasteiger partial charge is 0.354 e. The first-order chi connectivity index (χ1) is 9.02. The van der Waals surface area contributed by atoms with Crippen LogP contribution in [0.2, 0.25) is 0 Å². The molecule has 0 radical (unpaired) electrons. The Bertz CT molecular complexity index is 598. The van der Waals surface area contributed by atoms with Gasteiger partial charge in [-0.05, 0) is 19.8 Å². The summed E-state index contributed by atoms with van der Waals surface area (Å²) in [6.45, 7) is 2.86. The molecule has 0 unspecified atom stereocenters. The topological polar surface area (TPSA) is 66.1 Å². The molecule has 5 nitrogen and oxygen atoms in total.